The van der Waals surface area contributed by atoms with Crippen LogP contribution in [-0.4, -0.2) is 36.1 Å². The molecule has 5 aromatic rings. The van der Waals surface area contributed by atoms with E-state index in [2.05, 4.69) is 16.0 Å². The van der Waals surface area contributed by atoms with Gasteiger partial charge in [-0.2, -0.15) is 0 Å². The SMILES string of the molecule is CCC(Sc1cccc(NC(=O)/C(=C\c2c(F)cccc2Cl)NC(=O)c2ccccc2)c1)C(=O)Nc1scc(-c2ccc(C)cc2)c1C(=O)OC. The van der Waals surface area contributed by atoms with Gasteiger partial charge in [0, 0.05) is 32.7 Å². The molecule has 0 saturated carbocycles. The largest absolute Gasteiger partial charge is 0.465 e. The van der Waals surface area contributed by atoms with Gasteiger partial charge in [0.15, 0.2) is 0 Å². The Hall–Kier alpha value is -5.23. The molecule has 1 unspecified atom stereocenters. The number of aryl methyl sites for hydroxylation is 1. The second kappa shape index (κ2) is 17.1. The molecular formula is C39H33ClFN3O5S2. The van der Waals surface area contributed by atoms with E-state index >= 15 is 0 Å². The first kappa shape index (κ1) is 37.0. The normalized spacial score (nSPS) is 11.7. The van der Waals surface area contributed by atoms with Crippen LogP contribution in [0.1, 0.15) is 45.2 Å². The van der Waals surface area contributed by atoms with E-state index in [-0.39, 0.29) is 27.8 Å². The molecule has 0 aliphatic heterocycles. The summed E-state index contributed by atoms with van der Waals surface area (Å²) in [5, 5.41) is 9.96. The Morgan fingerprint density at radius 3 is 2.35 bits per heavy atom. The van der Waals surface area contributed by atoms with Crippen LogP contribution in [0.5, 0.6) is 0 Å². The van der Waals surface area contributed by atoms with E-state index in [1.165, 1.54) is 54.5 Å². The molecule has 1 aromatic heterocycles. The number of methoxy groups -OCH3 is 1. The third-order valence-electron chi connectivity index (χ3n) is 7.63. The van der Waals surface area contributed by atoms with Gasteiger partial charge in [-0.1, -0.05) is 78.7 Å². The van der Waals surface area contributed by atoms with Crippen LogP contribution >= 0.6 is 34.7 Å². The monoisotopic (exact) mass is 741 g/mol. The minimum atomic E-state index is -0.719. The van der Waals surface area contributed by atoms with Crippen molar-refractivity contribution in [3.8, 4) is 11.1 Å². The number of hydrogen-bond donors (Lipinski definition) is 3. The van der Waals surface area contributed by atoms with Gasteiger partial charge in [0.1, 0.15) is 22.1 Å². The molecule has 0 bridgehead atoms. The third kappa shape index (κ3) is 9.31. The summed E-state index contributed by atoms with van der Waals surface area (Å²) >= 11 is 8.75. The lowest BCUT2D eigenvalue weighted by Crippen LogP contribution is -2.30. The second-order valence-corrected chi connectivity index (χ2v) is 13.8. The first-order chi connectivity index (χ1) is 24.6. The molecule has 4 aromatic carbocycles. The molecule has 12 heteroatoms. The average Bonchev–Trinajstić information content (AvgIpc) is 3.55. The summed E-state index contributed by atoms with van der Waals surface area (Å²) < 4.78 is 19.8. The van der Waals surface area contributed by atoms with Crippen LogP contribution in [0.3, 0.4) is 0 Å². The highest BCUT2D eigenvalue weighted by Crippen LogP contribution is 2.37. The summed E-state index contributed by atoms with van der Waals surface area (Å²) in [5.41, 5.74) is 3.22. The summed E-state index contributed by atoms with van der Waals surface area (Å²) in [6.07, 6.45) is 1.64. The third-order valence-corrected chi connectivity index (χ3v) is 10.2. The number of halogens is 2. The molecule has 0 aliphatic carbocycles. The number of carbonyl (C=O) groups is 4. The van der Waals surface area contributed by atoms with Crippen LogP contribution in [0, 0.1) is 12.7 Å². The van der Waals surface area contributed by atoms with E-state index < -0.39 is 28.9 Å². The highest BCUT2D eigenvalue weighted by atomic mass is 35.5. The highest BCUT2D eigenvalue weighted by Gasteiger charge is 2.26. The van der Waals surface area contributed by atoms with Crippen molar-refractivity contribution in [2.45, 2.75) is 30.4 Å². The van der Waals surface area contributed by atoms with Crippen molar-refractivity contribution in [1.29, 1.82) is 0 Å². The molecule has 51 heavy (non-hydrogen) atoms. The first-order valence-corrected chi connectivity index (χ1v) is 17.9. The Morgan fingerprint density at radius 1 is 0.941 bits per heavy atom. The minimum Gasteiger partial charge on any atom is -0.465 e. The van der Waals surface area contributed by atoms with Crippen LogP contribution in [0.25, 0.3) is 17.2 Å². The topological polar surface area (TPSA) is 114 Å². The number of anilines is 2. The quantitative estimate of drug-likeness (QED) is 0.0668. The van der Waals surface area contributed by atoms with Crippen molar-refractivity contribution >= 4 is 75.2 Å². The Balaban J connectivity index is 1.34. The molecule has 3 N–H and O–H groups in total. The average molecular weight is 742 g/mol. The van der Waals surface area contributed by atoms with Crippen molar-refractivity contribution < 1.29 is 28.3 Å². The molecule has 1 heterocycles. The molecule has 0 spiro atoms. The molecule has 0 fully saturated rings. The lowest BCUT2D eigenvalue weighted by atomic mass is 10.0. The molecular weight excluding hydrogens is 709 g/mol. The molecule has 3 amide bonds. The van der Waals surface area contributed by atoms with Crippen LogP contribution in [-0.2, 0) is 14.3 Å². The van der Waals surface area contributed by atoms with Gasteiger partial charge >= 0.3 is 5.97 Å². The minimum absolute atomic E-state index is 0.0594. The molecule has 5 rings (SSSR count). The zero-order valence-electron chi connectivity index (χ0n) is 27.8. The van der Waals surface area contributed by atoms with Gasteiger partial charge in [-0.25, -0.2) is 9.18 Å². The number of esters is 1. The lowest BCUT2D eigenvalue weighted by molar-refractivity contribution is -0.116. The molecule has 0 aliphatic rings. The number of carbonyl (C=O) groups excluding carboxylic acids is 4. The summed E-state index contributed by atoms with van der Waals surface area (Å²) in [6.45, 7) is 3.85. The predicted octanol–water partition coefficient (Wildman–Crippen LogP) is 9.22. The van der Waals surface area contributed by atoms with Crippen LogP contribution < -0.4 is 16.0 Å². The van der Waals surface area contributed by atoms with Gasteiger partial charge in [-0.3, -0.25) is 14.4 Å². The maximum absolute atomic E-state index is 14.7. The zero-order valence-corrected chi connectivity index (χ0v) is 30.2. The van der Waals surface area contributed by atoms with Gasteiger partial charge in [0.2, 0.25) is 5.91 Å². The number of benzene rings is 4. The van der Waals surface area contributed by atoms with E-state index in [1.54, 1.807) is 54.6 Å². The predicted molar refractivity (Wildman–Crippen MR) is 203 cm³/mol. The van der Waals surface area contributed by atoms with Gasteiger partial charge < -0.3 is 20.7 Å². The summed E-state index contributed by atoms with van der Waals surface area (Å²) in [7, 11) is 1.30. The Labute approximate surface area is 308 Å². The summed E-state index contributed by atoms with van der Waals surface area (Å²) in [4.78, 5) is 53.7. The second-order valence-electron chi connectivity index (χ2n) is 11.2. The van der Waals surface area contributed by atoms with Gasteiger partial charge in [0.05, 0.1) is 17.4 Å². The fourth-order valence-corrected chi connectivity index (χ4v) is 7.15. The Bertz CT molecular complexity index is 2080. The maximum Gasteiger partial charge on any atom is 0.341 e. The fourth-order valence-electron chi connectivity index (χ4n) is 4.96. The van der Waals surface area contributed by atoms with Gasteiger partial charge in [-0.15, -0.1) is 23.1 Å². The first-order valence-electron chi connectivity index (χ1n) is 15.8. The number of nitrogens with one attached hydrogen (secondary N) is 3. The fraction of sp³-hybridized carbons (Fsp3) is 0.128. The molecule has 0 saturated heterocycles. The van der Waals surface area contributed by atoms with Crippen molar-refractivity contribution in [3.05, 3.63) is 141 Å². The molecule has 0 radical (unpaired) electrons. The van der Waals surface area contributed by atoms with Crippen LogP contribution in [0.4, 0.5) is 15.1 Å². The van der Waals surface area contributed by atoms with E-state index in [9.17, 15) is 23.6 Å². The Kier molecular flexibility index (Phi) is 12.4. The van der Waals surface area contributed by atoms with Crippen LogP contribution in [0.15, 0.2) is 113 Å². The van der Waals surface area contributed by atoms with E-state index in [0.29, 0.717) is 33.1 Å². The lowest BCUT2D eigenvalue weighted by Gasteiger charge is -2.16. The van der Waals surface area contributed by atoms with Gasteiger partial charge in [-0.05, 0) is 67.4 Å². The molecule has 1 atom stereocenters. The van der Waals surface area contributed by atoms with Crippen molar-refractivity contribution in [2.24, 2.45) is 0 Å². The maximum atomic E-state index is 14.7. The number of hydrogen-bond acceptors (Lipinski definition) is 7. The number of amides is 3. The van der Waals surface area contributed by atoms with Crippen molar-refractivity contribution in [2.75, 3.05) is 17.7 Å². The van der Waals surface area contributed by atoms with Crippen molar-refractivity contribution in [3.63, 3.8) is 0 Å². The van der Waals surface area contributed by atoms with Gasteiger partial charge in [0.25, 0.3) is 11.8 Å². The number of ether oxygens (including phenoxy) is 1. The molecule has 260 valence electrons. The number of thiophene rings is 1. The highest BCUT2D eigenvalue weighted by molar-refractivity contribution is 8.00. The summed E-state index contributed by atoms with van der Waals surface area (Å²) in [6, 6.07) is 27.0. The molecule has 8 nitrogen and oxygen atoms in total. The standard InChI is InChI=1S/C39H33ClFN3O5S2/c1-4-33(37(47)44-38-34(39(48)49-3)29(22-50-38)24-18-16-23(2)17-19-24)51-27-13-8-12-26(20-27)42-36(46)32(21-28-30(40)14-9-15-31(28)41)43-35(45)25-10-6-5-7-11-25/h5-22,33H,4H2,1-3H3,(H,42,46)(H,43,45)(H,44,47)/b32-21+. The summed E-state index contributed by atoms with van der Waals surface area (Å²) in [5.74, 6) is -2.83. The number of thioether (sulfide) groups is 1. The van der Waals surface area contributed by atoms with Crippen molar-refractivity contribution in [1.82, 2.24) is 5.32 Å². The zero-order chi connectivity index (χ0) is 36.5. The van der Waals surface area contributed by atoms with Crippen LogP contribution in [0.2, 0.25) is 5.02 Å². The van der Waals surface area contributed by atoms with E-state index in [0.717, 1.165) is 11.1 Å². The van der Waals surface area contributed by atoms with E-state index in [4.69, 9.17) is 16.3 Å². The smallest absolute Gasteiger partial charge is 0.341 e. The Morgan fingerprint density at radius 2 is 1.67 bits per heavy atom. The van der Waals surface area contributed by atoms with E-state index in [1.807, 2.05) is 43.5 Å². The number of rotatable bonds is 12.